The van der Waals surface area contributed by atoms with E-state index >= 15 is 0 Å². The maximum absolute atomic E-state index is 12.4. The Morgan fingerprint density at radius 3 is 2.61 bits per heavy atom. The van der Waals surface area contributed by atoms with Crippen LogP contribution >= 0.6 is 0 Å². The Balaban J connectivity index is 1.49. The Kier molecular flexibility index (Phi) is 5.89. The van der Waals surface area contributed by atoms with Crippen molar-refractivity contribution in [3.8, 4) is 11.4 Å². The molecule has 0 unspecified atom stereocenters. The van der Waals surface area contributed by atoms with Crippen LogP contribution in [0.3, 0.4) is 0 Å². The number of rotatable bonds is 8. The first-order chi connectivity index (χ1) is 14.9. The minimum absolute atomic E-state index is 0.197. The molecular formula is C20H22N8O2S. The van der Waals surface area contributed by atoms with Crippen LogP contribution in [0.1, 0.15) is 0 Å². The summed E-state index contributed by atoms with van der Waals surface area (Å²) >= 11 is 0. The second-order valence-corrected chi connectivity index (χ2v) is 8.82. The van der Waals surface area contributed by atoms with Crippen molar-refractivity contribution >= 4 is 27.3 Å². The first-order valence-corrected chi connectivity index (χ1v) is 11.0. The highest BCUT2D eigenvalue weighted by Crippen LogP contribution is 2.21. The molecule has 0 fully saturated rings. The lowest BCUT2D eigenvalue weighted by atomic mass is 10.3. The molecule has 3 heterocycles. The summed E-state index contributed by atoms with van der Waals surface area (Å²) in [5.74, 6) is 0.378. The first-order valence-electron chi connectivity index (χ1n) is 9.56. The molecule has 0 spiro atoms. The molecule has 0 aliphatic heterocycles. The normalized spacial score (nSPS) is 11.8. The van der Waals surface area contributed by atoms with Crippen molar-refractivity contribution in [2.75, 3.05) is 32.5 Å². The third-order valence-corrected chi connectivity index (χ3v) is 5.94. The first kappa shape index (κ1) is 20.8. The predicted octanol–water partition coefficient (Wildman–Crippen LogP) is 1.77. The van der Waals surface area contributed by atoms with Gasteiger partial charge < -0.3 is 10.2 Å². The largest absolute Gasteiger partial charge is 0.324 e. The standard InChI is InChI=1S/C20H22N8O2S/c1-27(2)13-12-24-31(29,30)16-7-5-15(6-8-16)25-20-21-11-9-17(26-20)18-14-22-19-4-3-10-23-28(18)19/h3-11,14,24H,12-13H2,1-2H3,(H,21,25,26). The number of hydrogen-bond acceptors (Lipinski definition) is 8. The molecule has 1 aromatic carbocycles. The number of nitrogens with zero attached hydrogens (tertiary/aromatic N) is 6. The van der Waals surface area contributed by atoms with Crippen LogP contribution in [-0.4, -0.2) is 65.1 Å². The lowest BCUT2D eigenvalue weighted by Gasteiger charge is -2.11. The van der Waals surface area contributed by atoms with Crippen LogP contribution in [0.25, 0.3) is 17.0 Å². The highest BCUT2D eigenvalue weighted by molar-refractivity contribution is 7.89. The molecule has 160 valence electrons. The van der Waals surface area contributed by atoms with Crippen LogP contribution in [0.4, 0.5) is 11.6 Å². The maximum Gasteiger partial charge on any atom is 0.240 e. The summed E-state index contributed by atoms with van der Waals surface area (Å²) < 4.78 is 29.0. The van der Waals surface area contributed by atoms with Crippen LogP contribution in [0.15, 0.2) is 66.0 Å². The molecule has 11 heteroatoms. The smallest absolute Gasteiger partial charge is 0.240 e. The molecule has 0 amide bonds. The van der Waals surface area contributed by atoms with E-state index in [9.17, 15) is 8.42 Å². The van der Waals surface area contributed by atoms with Crippen molar-refractivity contribution < 1.29 is 8.42 Å². The van der Waals surface area contributed by atoms with Gasteiger partial charge in [0, 0.05) is 31.2 Å². The zero-order chi connectivity index (χ0) is 21.8. The monoisotopic (exact) mass is 438 g/mol. The van der Waals surface area contributed by atoms with Gasteiger partial charge in [-0.25, -0.2) is 32.6 Å². The van der Waals surface area contributed by atoms with Crippen LogP contribution in [-0.2, 0) is 10.0 Å². The number of benzene rings is 1. The number of imidazole rings is 1. The molecule has 31 heavy (non-hydrogen) atoms. The van der Waals surface area contributed by atoms with Gasteiger partial charge in [-0.05, 0) is 56.6 Å². The van der Waals surface area contributed by atoms with E-state index in [2.05, 4.69) is 30.1 Å². The molecule has 0 radical (unpaired) electrons. The second kappa shape index (κ2) is 8.76. The lowest BCUT2D eigenvalue weighted by Crippen LogP contribution is -2.31. The Morgan fingerprint density at radius 1 is 1.03 bits per heavy atom. The summed E-state index contributed by atoms with van der Waals surface area (Å²) in [4.78, 5) is 15.2. The van der Waals surface area contributed by atoms with Crippen molar-refractivity contribution in [1.82, 2.24) is 34.2 Å². The summed E-state index contributed by atoms with van der Waals surface area (Å²) in [7, 11) is 0.218. The Bertz CT molecular complexity index is 1290. The minimum Gasteiger partial charge on any atom is -0.324 e. The third kappa shape index (κ3) is 4.85. The molecular weight excluding hydrogens is 416 g/mol. The zero-order valence-electron chi connectivity index (χ0n) is 17.1. The second-order valence-electron chi connectivity index (χ2n) is 7.05. The number of sulfonamides is 1. The van der Waals surface area contributed by atoms with Gasteiger partial charge in [0.1, 0.15) is 5.69 Å². The molecule has 0 aliphatic carbocycles. The number of aromatic nitrogens is 5. The van der Waals surface area contributed by atoms with E-state index < -0.39 is 10.0 Å². The molecule has 0 saturated carbocycles. The molecule has 0 atom stereocenters. The van der Waals surface area contributed by atoms with Crippen LogP contribution in [0.2, 0.25) is 0 Å². The van der Waals surface area contributed by atoms with Crippen molar-refractivity contribution in [1.29, 1.82) is 0 Å². The van der Waals surface area contributed by atoms with Gasteiger partial charge in [0.2, 0.25) is 16.0 Å². The highest BCUT2D eigenvalue weighted by Gasteiger charge is 2.14. The van der Waals surface area contributed by atoms with E-state index in [1.165, 1.54) is 0 Å². The Hall–Kier alpha value is -3.41. The SMILES string of the molecule is CN(C)CCNS(=O)(=O)c1ccc(Nc2nccc(-c3cnc4cccnn34)n2)cc1. The third-order valence-electron chi connectivity index (χ3n) is 4.47. The fourth-order valence-electron chi connectivity index (χ4n) is 2.90. The summed E-state index contributed by atoms with van der Waals surface area (Å²) in [5.41, 5.74) is 2.79. The van der Waals surface area contributed by atoms with Gasteiger partial charge >= 0.3 is 0 Å². The molecule has 0 saturated heterocycles. The summed E-state index contributed by atoms with van der Waals surface area (Å²) in [6.07, 6.45) is 5.03. The van der Waals surface area contributed by atoms with Gasteiger partial charge in [-0.15, -0.1) is 0 Å². The van der Waals surface area contributed by atoms with Crippen molar-refractivity contribution in [2.45, 2.75) is 4.90 Å². The number of anilines is 2. The van der Waals surface area contributed by atoms with Gasteiger partial charge in [-0.2, -0.15) is 5.10 Å². The molecule has 4 rings (SSSR count). The molecule has 3 aromatic heterocycles. The van der Waals surface area contributed by atoms with Gasteiger partial charge in [-0.3, -0.25) is 0 Å². The minimum atomic E-state index is -3.56. The van der Waals surface area contributed by atoms with Gasteiger partial charge in [0.15, 0.2) is 5.65 Å². The van der Waals surface area contributed by atoms with E-state index in [0.29, 0.717) is 30.4 Å². The number of fused-ring (bicyclic) bond motifs is 1. The van der Waals surface area contributed by atoms with Crippen molar-refractivity contribution in [3.05, 3.63) is 61.1 Å². The number of nitrogens with one attached hydrogen (secondary N) is 2. The Labute approximate surface area is 180 Å². The molecule has 10 nitrogen and oxygen atoms in total. The van der Waals surface area contributed by atoms with E-state index in [-0.39, 0.29) is 4.90 Å². The summed E-state index contributed by atoms with van der Waals surface area (Å²) in [6, 6.07) is 11.9. The number of hydrogen-bond donors (Lipinski definition) is 2. The average molecular weight is 439 g/mol. The quantitative estimate of drug-likeness (QED) is 0.427. The Morgan fingerprint density at radius 2 is 1.84 bits per heavy atom. The summed E-state index contributed by atoms with van der Waals surface area (Å²) in [6.45, 7) is 0.961. The van der Waals surface area contributed by atoms with E-state index in [4.69, 9.17) is 0 Å². The highest BCUT2D eigenvalue weighted by atomic mass is 32.2. The fraction of sp³-hybridized carbons (Fsp3) is 0.200. The molecule has 4 aromatic rings. The fourth-order valence-corrected chi connectivity index (χ4v) is 3.92. The average Bonchev–Trinajstić information content (AvgIpc) is 3.18. The molecule has 0 bridgehead atoms. The van der Waals surface area contributed by atoms with Crippen molar-refractivity contribution in [2.24, 2.45) is 0 Å². The maximum atomic E-state index is 12.4. The van der Waals surface area contributed by atoms with Crippen LogP contribution in [0, 0.1) is 0 Å². The number of likely N-dealkylation sites (N-methyl/N-ethyl adjacent to an activating group) is 1. The predicted molar refractivity (Wildman–Crippen MR) is 117 cm³/mol. The van der Waals surface area contributed by atoms with Crippen LogP contribution < -0.4 is 10.0 Å². The van der Waals surface area contributed by atoms with Gasteiger partial charge in [0.25, 0.3) is 0 Å². The molecule has 0 aliphatic rings. The zero-order valence-corrected chi connectivity index (χ0v) is 17.9. The topological polar surface area (TPSA) is 117 Å². The van der Waals surface area contributed by atoms with E-state index in [0.717, 1.165) is 11.3 Å². The van der Waals surface area contributed by atoms with Gasteiger partial charge in [0.05, 0.1) is 16.8 Å². The van der Waals surface area contributed by atoms with E-state index in [1.807, 2.05) is 31.1 Å². The van der Waals surface area contributed by atoms with E-state index in [1.54, 1.807) is 53.4 Å². The lowest BCUT2D eigenvalue weighted by molar-refractivity contribution is 0.412. The molecule has 2 N–H and O–H groups in total. The van der Waals surface area contributed by atoms with Crippen LogP contribution in [0.5, 0.6) is 0 Å². The van der Waals surface area contributed by atoms with Crippen molar-refractivity contribution in [3.63, 3.8) is 0 Å². The summed E-state index contributed by atoms with van der Waals surface area (Å²) in [5, 5.41) is 7.40. The van der Waals surface area contributed by atoms with Gasteiger partial charge in [-0.1, -0.05) is 0 Å².